The first-order valence-electron chi connectivity index (χ1n) is 11.8. The highest BCUT2D eigenvalue weighted by Crippen LogP contribution is 2.49. The summed E-state index contributed by atoms with van der Waals surface area (Å²) in [4.78, 5) is 14.3. The number of rotatable bonds is 9. The van der Waals surface area contributed by atoms with Crippen molar-refractivity contribution in [3.63, 3.8) is 0 Å². The number of benzene rings is 3. The second kappa shape index (κ2) is 9.99. The lowest BCUT2D eigenvalue weighted by Crippen LogP contribution is -2.22. The standard InChI is InChI=1S/C28H32N2O3/c1-4-7-16-29-19-12-14-23-25(17-19)33-26-18-20(30(5-2)6-3)13-15-24(26)27(23)21-10-8-9-11-22(21)28(31)32/h8-15,17-18,27,29H,4-7,16H2,1-3H3,(H,31,32). The molecule has 0 bridgehead atoms. The van der Waals surface area contributed by atoms with Crippen molar-refractivity contribution >= 4 is 17.3 Å². The molecule has 0 aromatic heterocycles. The summed E-state index contributed by atoms with van der Waals surface area (Å²) in [6, 6.07) is 19.7. The molecule has 3 aromatic carbocycles. The predicted molar refractivity (Wildman–Crippen MR) is 134 cm³/mol. The van der Waals surface area contributed by atoms with E-state index in [1.54, 1.807) is 12.1 Å². The third-order valence-corrected chi connectivity index (χ3v) is 6.34. The van der Waals surface area contributed by atoms with E-state index in [1.807, 2.05) is 18.2 Å². The summed E-state index contributed by atoms with van der Waals surface area (Å²) in [5.74, 6) is 0.415. The van der Waals surface area contributed by atoms with E-state index in [0.29, 0.717) is 5.56 Å². The van der Waals surface area contributed by atoms with Crippen LogP contribution in [0.1, 0.15) is 66.6 Å². The molecule has 1 unspecified atom stereocenters. The van der Waals surface area contributed by atoms with E-state index in [9.17, 15) is 9.90 Å². The van der Waals surface area contributed by atoms with Crippen molar-refractivity contribution in [3.8, 4) is 11.5 Å². The van der Waals surface area contributed by atoms with Gasteiger partial charge in [-0.2, -0.15) is 0 Å². The minimum Gasteiger partial charge on any atom is -0.478 e. The smallest absolute Gasteiger partial charge is 0.335 e. The number of carboxylic acids is 1. The third-order valence-electron chi connectivity index (χ3n) is 6.34. The molecule has 3 aromatic rings. The van der Waals surface area contributed by atoms with Crippen LogP contribution in [0.2, 0.25) is 0 Å². The van der Waals surface area contributed by atoms with E-state index >= 15 is 0 Å². The number of unbranched alkanes of at least 4 members (excludes halogenated alkanes) is 1. The molecule has 33 heavy (non-hydrogen) atoms. The molecule has 4 rings (SSSR count). The number of aromatic carboxylic acids is 1. The Morgan fingerprint density at radius 1 is 0.939 bits per heavy atom. The molecule has 0 aliphatic carbocycles. The molecule has 0 fully saturated rings. The predicted octanol–water partition coefficient (Wildman–Crippen LogP) is 6.73. The Kier molecular flexibility index (Phi) is 6.87. The fourth-order valence-corrected chi connectivity index (χ4v) is 4.58. The maximum Gasteiger partial charge on any atom is 0.335 e. The Hall–Kier alpha value is -3.47. The van der Waals surface area contributed by atoms with Crippen LogP contribution in [0.15, 0.2) is 60.7 Å². The Morgan fingerprint density at radius 3 is 2.33 bits per heavy atom. The zero-order valence-electron chi connectivity index (χ0n) is 19.6. The fourth-order valence-electron chi connectivity index (χ4n) is 4.58. The Labute approximate surface area is 196 Å². The van der Waals surface area contributed by atoms with Gasteiger partial charge in [-0.1, -0.05) is 43.7 Å². The zero-order chi connectivity index (χ0) is 23.4. The van der Waals surface area contributed by atoms with E-state index in [4.69, 9.17) is 4.74 Å². The number of hydrogen-bond donors (Lipinski definition) is 2. The van der Waals surface area contributed by atoms with E-state index in [0.717, 1.165) is 72.0 Å². The van der Waals surface area contributed by atoms with Gasteiger partial charge in [0.2, 0.25) is 0 Å². The van der Waals surface area contributed by atoms with Gasteiger partial charge in [0.05, 0.1) is 5.56 Å². The number of anilines is 2. The average Bonchev–Trinajstić information content (AvgIpc) is 2.83. The second-order valence-corrected chi connectivity index (χ2v) is 8.35. The van der Waals surface area contributed by atoms with Crippen molar-refractivity contribution in [2.75, 3.05) is 29.9 Å². The van der Waals surface area contributed by atoms with Crippen molar-refractivity contribution in [1.29, 1.82) is 0 Å². The zero-order valence-corrected chi connectivity index (χ0v) is 19.6. The first kappa shape index (κ1) is 22.7. The van der Waals surface area contributed by atoms with Crippen molar-refractivity contribution < 1.29 is 14.6 Å². The Morgan fingerprint density at radius 2 is 1.64 bits per heavy atom. The lowest BCUT2D eigenvalue weighted by atomic mass is 9.80. The van der Waals surface area contributed by atoms with E-state index in [-0.39, 0.29) is 5.92 Å². The van der Waals surface area contributed by atoms with Crippen LogP contribution in [-0.2, 0) is 0 Å². The molecule has 2 N–H and O–H groups in total. The molecule has 172 valence electrons. The number of nitrogens with one attached hydrogen (secondary N) is 1. The summed E-state index contributed by atoms with van der Waals surface area (Å²) in [5.41, 5.74) is 5.17. The van der Waals surface area contributed by atoms with Gasteiger partial charge in [0.15, 0.2) is 0 Å². The van der Waals surface area contributed by atoms with Gasteiger partial charge in [-0.25, -0.2) is 4.79 Å². The molecule has 0 saturated carbocycles. The van der Waals surface area contributed by atoms with Crippen molar-refractivity contribution in [2.24, 2.45) is 0 Å². The molecular weight excluding hydrogens is 412 g/mol. The average molecular weight is 445 g/mol. The van der Waals surface area contributed by atoms with Crippen LogP contribution in [0.25, 0.3) is 0 Å². The monoisotopic (exact) mass is 444 g/mol. The second-order valence-electron chi connectivity index (χ2n) is 8.35. The molecule has 0 spiro atoms. The van der Waals surface area contributed by atoms with Crippen LogP contribution >= 0.6 is 0 Å². The summed E-state index contributed by atoms with van der Waals surface area (Å²) in [7, 11) is 0. The van der Waals surface area contributed by atoms with Gasteiger partial charge in [0.1, 0.15) is 11.5 Å². The van der Waals surface area contributed by atoms with Gasteiger partial charge >= 0.3 is 5.97 Å². The Bertz CT molecular complexity index is 1140. The number of fused-ring (bicyclic) bond motifs is 2. The molecule has 0 amide bonds. The first-order valence-corrected chi connectivity index (χ1v) is 11.8. The summed E-state index contributed by atoms with van der Waals surface area (Å²) in [6.45, 7) is 9.17. The van der Waals surface area contributed by atoms with Crippen LogP contribution in [-0.4, -0.2) is 30.7 Å². The first-order chi connectivity index (χ1) is 16.1. The number of nitrogens with zero attached hydrogens (tertiary/aromatic N) is 1. The number of hydrogen-bond acceptors (Lipinski definition) is 4. The van der Waals surface area contributed by atoms with E-state index in [2.05, 4.69) is 61.3 Å². The summed E-state index contributed by atoms with van der Waals surface area (Å²) in [5, 5.41) is 13.4. The highest BCUT2D eigenvalue weighted by atomic mass is 16.5. The molecular formula is C28H32N2O3. The maximum atomic E-state index is 12.1. The highest BCUT2D eigenvalue weighted by Gasteiger charge is 2.32. The van der Waals surface area contributed by atoms with Crippen molar-refractivity contribution in [1.82, 2.24) is 0 Å². The van der Waals surface area contributed by atoms with Gasteiger partial charge in [-0.05, 0) is 44.0 Å². The number of carboxylic acid groups (broad SMARTS) is 1. The normalized spacial score (nSPS) is 14.1. The fraction of sp³-hybridized carbons (Fsp3) is 0.321. The molecule has 0 radical (unpaired) electrons. The quantitative estimate of drug-likeness (QED) is 0.280. The van der Waals surface area contributed by atoms with Gasteiger partial charge in [-0.3, -0.25) is 0 Å². The van der Waals surface area contributed by atoms with Crippen LogP contribution in [0, 0.1) is 0 Å². The lowest BCUT2D eigenvalue weighted by molar-refractivity contribution is 0.0695. The van der Waals surface area contributed by atoms with Gasteiger partial charge in [0, 0.05) is 60.2 Å². The minimum atomic E-state index is -0.919. The van der Waals surface area contributed by atoms with E-state index in [1.165, 1.54) is 0 Å². The van der Waals surface area contributed by atoms with Crippen LogP contribution in [0.4, 0.5) is 11.4 Å². The van der Waals surface area contributed by atoms with Gasteiger partial charge in [0.25, 0.3) is 0 Å². The van der Waals surface area contributed by atoms with Crippen molar-refractivity contribution in [2.45, 2.75) is 39.5 Å². The largest absolute Gasteiger partial charge is 0.478 e. The van der Waals surface area contributed by atoms with Crippen molar-refractivity contribution in [3.05, 3.63) is 82.9 Å². The summed E-state index contributed by atoms with van der Waals surface area (Å²) >= 11 is 0. The SMILES string of the molecule is CCCCNc1ccc2c(c1)Oc1cc(N(CC)CC)ccc1C2c1ccccc1C(=O)O. The van der Waals surface area contributed by atoms with Gasteiger partial charge < -0.3 is 20.1 Å². The molecule has 5 heteroatoms. The lowest BCUT2D eigenvalue weighted by Gasteiger charge is -2.31. The molecule has 5 nitrogen and oxygen atoms in total. The maximum absolute atomic E-state index is 12.1. The molecule has 1 atom stereocenters. The van der Waals surface area contributed by atoms with Crippen LogP contribution < -0.4 is 15.0 Å². The molecule has 1 heterocycles. The number of ether oxygens (including phenoxy) is 1. The summed E-state index contributed by atoms with van der Waals surface area (Å²) < 4.78 is 6.44. The van der Waals surface area contributed by atoms with Crippen LogP contribution in [0.5, 0.6) is 11.5 Å². The topological polar surface area (TPSA) is 61.8 Å². The molecule has 0 saturated heterocycles. The van der Waals surface area contributed by atoms with Crippen LogP contribution in [0.3, 0.4) is 0 Å². The minimum absolute atomic E-state index is 0.216. The molecule has 1 aliphatic heterocycles. The highest BCUT2D eigenvalue weighted by molar-refractivity contribution is 5.90. The number of carbonyl (C=O) groups is 1. The van der Waals surface area contributed by atoms with E-state index < -0.39 is 5.97 Å². The molecule has 1 aliphatic rings. The Balaban J connectivity index is 1.85. The third kappa shape index (κ3) is 4.54. The van der Waals surface area contributed by atoms with Gasteiger partial charge in [-0.15, -0.1) is 0 Å². The summed E-state index contributed by atoms with van der Waals surface area (Å²) in [6.07, 6.45) is 2.23.